The number of nitrogens with two attached hydrogens (primary N) is 1. The molecular formula is C27H24F2N2O3. The summed E-state index contributed by atoms with van der Waals surface area (Å²) >= 11 is 0. The number of hydrogen-bond acceptors (Lipinski definition) is 3. The van der Waals surface area contributed by atoms with Gasteiger partial charge >= 0.3 is 0 Å². The van der Waals surface area contributed by atoms with Crippen LogP contribution in [0.5, 0.6) is 0 Å². The van der Waals surface area contributed by atoms with Crippen molar-refractivity contribution in [3.63, 3.8) is 0 Å². The van der Waals surface area contributed by atoms with Gasteiger partial charge in [-0.25, -0.2) is 8.78 Å². The lowest BCUT2D eigenvalue weighted by molar-refractivity contribution is 0.0947. The first kappa shape index (κ1) is 23.2. The normalized spacial score (nSPS) is 11.2. The zero-order valence-electron chi connectivity index (χ0n) is 18.8. The minimum Gasteiger partial charge on any atom is -0.460 e. The van der Waals surface area contributed by atoms with Gasteiger partial charge in [-0.1, -0.05) is 32.0 Å². The summed E-state index contributed by atoms with van der Waals surface area (Å²) < 4.78 is 33.9. The van der Waals surface area contributed by atoms with Crippen LogP contribution in [0.15, 0.2) is 65.1 Å². The minimum atomic E-state index is -0.685. The molecule has 5 nitrogen and oxygen atoms in total. The molecule has 34 heavy (non-hydrogen) atoms. The van der Waals surface area contributed by atoms with Crippen LogP contribution in [0.25, 0.3) is 22.1 Å². The van der Waals surface area contributed by atoms with Crippen LogP contribution in [0.4, 0.5) is 8.78 Å². The number of carbonyl (C=O) groups is 2. The number of hydrogen-bond donors (Lipinski definition) is 2. The predicted molar refractivity (Wildman–Crippen MR) is 127 cm³/mol. The molecule has 0 bridgehead atoms. The average molecular weight is 462 g/mol. The van der Waals surface area contributed by atoms with Gasteiger partial charge in [-0.3, -0.25) is 9.59 Å². The molecule has 3 aromatic carbocycles. The molecule has 0 aliphatic rings. The molecule has 0 radical (unpaired) electrons. The van der Waals surface area contributed by atoms with Crippen molar-refractivity contribution in [3.8, 4) is 11.1 Å². The highest BCUT2D eigenvalue weighted by Gasteiger charge is 2.21. The molecule has 0 atom stereocenters. The lowest BCUT2D eigenvalue weighted by Gasteiger charge is -2.10. The van der Waals surface area contributed by atoms with Crippen LogP contribution in [0.1, 0.15) is 45.9 Å². The monoisotopic (exact) mass is 462 g/mol. The fourth-order valence-corrected chi connectivity index (χ4v) is 3.78. The standard InChI is InChI=1S/C27H24F2N2O3/c1-15(2)14-31-27(33)18-5-9-22(29)20(13-18)17-6-10-23-21(12-17)25(26(30)32)24(34-23)11-16-3-7-19(28)8-4-16/h3-10,12-13,15H,11,14H2,1-2H3,(H2,30,32)(H,31,33). The van der Waals surface area contributed by atoms with Gasteiger partial charge in [-0.2, -0.15) is 0 Å². The van der Waals surface area contributed by atoms with Crippen LogP contribution >= 0.6 is 0 Å². The summed E-state index contributed by atoms with van der Waals surface area (Å²) in [5.41, 5.74) is 8.03. The van der Waals surface area contributed by atoms with Crippen LogP contribution in [0.2, 0.25) is 0 Å². The van der Waals surface area contributed by atoms with Gasteiger partial charge in [0.1, 0.15) is 23.0 Å². The topological polar surface area (TPSA) is 85.3 Å². The van der Waals surface area contributed by atoms with Crippen molar-refractivity contribution in [2.75, 3.05) is 6.54 Å². The van der Waals surface area contributed by atoms with E-state index in [9.17, 15) is 18.4 Å². The Kier molecular flexibility index (Phi) is 6.45. The number of carbonyl (C=O) groups excluding carboxylic acids is 2. The molecule has 0 saturated carbocycles. The quantitative estimate of drug-likeness (QED) is 0.383. The van der Waals surface area contributed by atoms with E-state index < -0.39 is 11.7 Å². The number of amides is 2. The second-order valence-electron chi connectivity index (χ2n) is 8.58. The Balaban J connectivity index is 1.74. The van der Waals surface area contributed by atoms with E-state index in [-0.39, 0.29) is 35.2 Å². The maximum Gasteiger partial charge on any atom is 0.252 e. The van der Waals surface area contributed by atoms with E-state index in [0.29, 0.717) is 34.4 Å². The lowest BCUT2D eigenvalue weighted by atomic mass is 9.98. The van der Waals surface area contributed by atoms with Crippen LogP contribution < -0.4 is 11.1 Å². The number of fused-ring (bicyclic) bond motifs is 1. The number of benzene rings is 3. The molecule has 1 heterocycles. The van der Waals surface area contributed by atoms with Crippen molar-refractivity contribution in [1.82, 2.24) is 5.32 Å². The van der Waals surface area contributed by atoms with Gasteiger partial charge in [-0.05, 0) is 59.5 Å². The van der Waals surface area contributed by atoms with Crippen molar-refractivity contribution < 1.29 is 22.8 Å². The molecule has 0 spiro atoms. The van der Waals surface area contributed by atoms with Crippen molar-refractivity contribution in [1.29, 1.82) is 0 Å². The Morgan fingerprint density at radius 1 is 1.00 bits per heavy atom. The molecule has 2 amide bonds. The molecule has 4 aromatic rings. The number of rotatable bonds is 7. The van der Waals surface area contributed by atoms with Gasteiger partial charge in [-0.15, -0.1) is 0 Å². The summed E-state index contributed by atoms with van der Waals surface area (Å²) in [5, 5.41) is 3.26. The summed E-state index contributed by atoms with van der Waals surface area (Å²) in [6.45, 7) is 4.47. The molecule has 0 saturated heterocycles. The van der Waals surface area contributed by atoms with Gasteiger partial charge in [0, 0.05) is 29.5 Å². The molecule has 0 unspecified atom stereocenters. The van der Waals surface area contributed by atoms with Crippen LogP contribution in [0, 0.1) is 17.6 Å². The molecule has 4 rings (SSSR count). The SMILES string of the molecule is CC(C)CNC(=O)c1ccc(F)c(-c2ccc3oc(Cc4ccc(F)cc4)c(C(N)=O)c3c2)c1. The van der Waals surface area contributed by atoms with Gasteiger partial charge in [0.25, 0.3) is 11.8 Å². The second-order valence-corrected chi connectivity index (χ2v) is 8.58. The smallest absolute Gasteiger partial charge is 0.252 e. The first-order valence-electron chi connectivity index (χ1n) is 10.9. The van der Waals surface area contributed by atoms with Gasteiger partial charge in [0.15, 0.2) is 0 Å². The largest absolute Gasteiger partial charge is 0.460 e. The Morgan fingerprint density at radius 3 is 2.41 bits per heavy atom. The van der Waals surface area contributed by atoms with Crippen molar-refractivity contribution >= 4 is 22.8 Å². The summed E-state index contributed by atoms with van der Waals surface area (Å²) in [6, 6.07) is 14.9. The van der Waals surface area contributed by atoms with Crippen LogP contribution in [-0.2, 0) is 6.42 Å². The first-order valence-corrected chi connectivity index (χ1v) is 10.9. The zero-order chi connectivity index (χ0) is 24.4. The van der Waals surface area contributed by atoms with Gasteiger partial charge in [0.05, 0.1) is 5.56 Å². The van der Waals surface area contributed by atoms with Crippen molar-refractivity contribution in [2.45, 2.75) is 20.3 Å². The molecule has 0 aliphatic heterocycles. The third-order valence-electron chi connectivity index (χ3n) is 5.50. The number of furan rings is 1. The highest BCUT2D eigenvalue weighted by Crippen LogP contribution is 2.33. The Labute approximate surface area is 195 Å². The van der Waals surface area contributed by atoms with Crippen LogP contribution in [-0.4, -0.2) is 18.4 Å². The Bertz CT molecular complexity index is 1370. The maximum absolute atomic E-state index is 14.7. The molecule has 0 aliphatic carbocycles. The molecule has 3 N–H and O–H groups in total. The molecular weight excluding hydrogens is 438 g/mol. The highest BCUT2D eigenvalue weighted by atomic mass is 19.1. The van der Waals surface area contributed by atoms with E-state index in [2.05, 4.69) is 5.32 Å². The fourth-order valence-electron chi connectivity index (χ4n) is 3.78. The fraction of sp³-hybridized carbons (Fsp3) is 0.185. The van der Waals surface area contributed by atoms with Crippen molar-refractivity contribution in [3.05, 3.63) is 94.7 Å². The summed E-state index contributed by atoms with van der Waals surface area (Å²) in [7, 11) is 0. The van der Waals surface area contributed by atoms with Gasteiger partial charge < -0.3 is 15.5 Å². The molecule has 7 heteroatoms. The van der Waals surface area contributed by atoms with E-state index in [1.54, 1.807) is 30.3 Å². The zero-order valence-corrected chi connectivity index (χ0v) is 18.8. The van der Waals surface area contributed by atoms with Crippen LogP contribution in [0.3, 0.4) is 0 Å². The highest BCUT2D eigenvalue weighted by molar-refractivity contribution is 6.07. The van der Waals surface area contributed by atoms with E-state index in [1.165, 1.54) is 30.3 Å². The predicted octanol–water partition coefficient (Wildman–Crippen LogP) is 5.45. The summed E-state index contributed by atoms with van der Waals surface area (Å²) in [5.74, 6) is -1.23. The molecule has 1 aromatic heterocycles. The maximum atomic E-state index is 14.7. The number of halogens is 2. The minimum absolute atomic E-state index is 0.187. The van der Waals surface area contributed by atoms with E-state index in [1.807, 2.05) is 13.8 Å². The third-order valence-corrected chi connectivity index (χ3v) is 5.50. The average Bonchev–Trinajstić information content (AvgIpc) is 3.16. The van der Waals surface area contributed by atoms with Crippen molar-refractivity contribution in [2.24, 2.45) is 11.7 Å². The summed E-state index contributed by atoms with van der Waals surface area (Å²) in [6.07, 6.45) is 0.239. The number of primary amides is 1. The Morgan fingerprint density at radius 2 is 1.74 bits per heavy atom. The number of nitrogens with one attached hydrogen (secondary N) is 1. The van der Waals surface area contributed by atoms with E-state index in [0.717, 1.165) is 5.56 Å². The van der Waals surface area contributed by atoms with E-state index >= 15 is 0 Å². The second kappa shape index (κ2) is 9.47. The van der Waals surface area contributed by atoms with E-state index in [4.69, 9.17) is 10.2 Å². The molecule has 174 valence electrons. The first-order chi connectivity index (χ1) is 16.2. The summed E-state index contributed by atoms with van der Waals surface area (Å²) in [4.78, 5) is 24.8. The molecule has 0 fully saturated rings. The third kappa shape index (κ3) is 4.83. The van der Waals surface area contributed by atoms with Gasteiger partial charge in [0.2, 0.25) is 0 Å². The lowest BCUT2D eigenvalue weighted by Crippen LogP contribution is -2.27. The Hall–Kier alpha value is -4.00.